The number of rotatable bonds is 2. The van der Waals surface area contributed by atoms with Crippen LogP contribution in [-0.4, -0.2) is 22.8 Å². The average molecular weight is 301 g/mol. The Morgan fingerprint density at radius 3 is 2.70 bits per heavy atom. The van der Waals surface area contributed by atoms with Crippen molar-refractivity contribution < 1.29 is 13.5 Å². The number of alkyl halides is 1. The van der Waals surface area contributed by atoms with Crippen molar-refractivity contribution in [2.75, 3.05) is 13.2 Å². The highest BCUT2D eigenvalue weighted by Crippen LogP contribution is 2.35. The first-order valence-corrected chi connectivity index (χ1v) is 7.09. The molecule has 0 amide bonds. The highest BCUT2D eigenvalue weighted by atomic mass is 35.5. The zero-order valence-corrected chi connectivity index (χ0v) is 11.9. The van der Waals surface area contributed by atoms with Gasteiger partial charge in [-0.15, -0.1) is 11.6 Å². The Hall–Kier alpha value is -1.20. The number of fused-ring (bicyclic) bond motifs is 1. The van der Waals surface area contributed by atoms with Gasteiger partial charge >= 0.3 is 0 Å². The minimum Gasteiger partial charge on any atom is -0.381 e. The Balaban J connectivity index is 2.27. The molecule has 2 heterocycles. The van der Waals surface area contributed by atoms with Gasteiger partial charge in [-0.2, -0.15) is 0 Å². The topological polar surface area (TPSA) is 27.1 Å². The lowest BCUT2D eigenvalue weighted by Crippen LogP contribution is -2.37. The Bertz CT molecular complexity index is 650. The predicted molar refractivity (Wildman–Crippen MR) is 72.9 cm³/mol. The molecule has 1 fully saturated rings. The van der Waals surface area contributed by atoms with E-state index in [0.717, 1.165) is 18.9 Å². The second-order valence-corrected chi connectivity index (χ2v) is 5.63. The number of ether oxygens (including phenoxy) is 1. The molecular formula is C14H15ClF2N2O. The minimum atomic E-state index is -0.652. The zero-order valence-electron chi connectivity index (χ0n) is 11.1. The Kier molecular flexibility index (Phi) is 3.42. The van der Waals surface area contributed by atoms with E-state index in [9.17, 15) is 8.78 Å². The molecule has 1 aromatic carbocycles. The van der Waals surface area contributed by atoms with Crippen LogP contribution < -0.4 is 0 Å². The summed E-state index contributed by atoms with van der Waals surface area (Å²) in [5, 5.41) is 0. The maximum Gasteiger partial charge on any atom is 0.153 e. The van der Waals surface area contributed by atoms with Crippen molar-refractivity contribution in [3.05, 3.63) is 29.6 Å². The van der Waals surface area contributed by atoms with Gasteiger partial charge in [0.25, 0.3) is 0 Å². The second-order valence-electron chi connectivity index (χ2n) is 5.36. The van der Waals surface area contributed by atoms with E-state index in [2.05, 4.69) is 11.9 Å². The van der Waals surface area contributed by atoms with E-state index in [1.807, 2.05) is 4.57 Å². The van der Waals surface area contributed by atoms with Crippen molar-refractivity contribution in [3.63, 3.8) is 0 Å². The molecule has 0 N–H and O–H groups in total. The monoisotopic (exact) mass is 300 g/mol. The molecule has 108 valence electrons. The standard InChI is InChI=1S/C14H15ClF2N2O/c1-14(2-4-20-5-3-14)19-11-7-9(16)6-10(17)13(11)18-12(19)8-15/h6-7H,2-5,8H2,1H3. The maximum atomic E-state index is 13.9. The average Bonchev–Trinajstić information content (AvgIpc) is 2.79. The van der Waals surface area contributed by atoms with Gasteiger partial charge in [-0.05, 0) is 25.8 Å². The molecule has 6 heteroatoms. The van der Waals surface area contributed by atoms with Crippen molar-refractivity contribution in [1.29, 1.82) is 0 Å². The van der Waals surface area contributed by atoms with Gasteiger partial charge in [-0.1, -0.05) is 0 Å². The fourth-order valence-corrected chi connectivity index (χ4v) is 3.06. The number of aromatic nitrogens is 2. The van der Waals surface area contributed by atoms with Gasteiger partial charge < -0.3 is 9.30 Å². The molecule has 1 aliphatic heterocycles. The molecule has 3 rings (SSSR count). The van der Waals surface area contributed by atoms with Crippen molar-refractivity contribution in [3.8, 4) is 0 Å². The van der Waals surface area contributed by atoms with E-state index in [1.165, 1.54) is 6.07 Å². The molecule has 1 aromatic heterocycles. The summed E-state index contributed by atoms with van der Waals surface area (Å²) in [5.41, 5.74) is 0.356. The van der Waals surface area contributed by atoms with Crippen LogP contribution in [0.25, 0.3) is 11.0 Å². The molecule has 2 aromatic rings. The molecule has 20 heavy (non-hydrogen) atoms. The van der Waals surface area contributed by atoms with Crippen LogP contribution in [0.1, 0.15) is 25.6 Å². The normalized spacial score (nSPS) is 18.6. The summed E-state index contributed by atoms with van der Waals surface area (Å²) in [7, 11) is 0. The lowest BCUT2D eigenvalue weighted by Gasteiger charge is -2.36. The van der Waals surface area contributed by atoms with Gasteiger partial charge in [-0.25, -0.2) is 13.8 Å². The lowest BCUT2D eigenvalue weighted by atomic mass is 9.91. The van der Waals surface area contributed by atoms with E-state index in [4.69, 9.17) is 16.3 Å². The molecule has 3 nitrogen and oxygen atoms in total. The van der Waals surface area contributed by atoms with Gasteiger partial charge in [0, 0.05) is 24.8 Å². The quantitative estimate of drug-likeness (QED) is 0.793. The van der Waals surface area contributed by atoms with Crippen LogP contribution in [0.15, 0.2) is 12.1 Å². The number of hydrogen-bond donors (Lipinski definition) is 0. The van der Waals surface area contributed by atoms with E-state index >= 15 is 0 Å². The van der Waals surface area contributed by atoms with Crippen LogP contribution in [-0.2, 0) is 16.2 Å². The molecular weight excluding hydrogens is 286 g/mol. The van der Waals surface area contributed by atoms with Gasteiger partial charge in [-0.3, -0.25) is 0 Å². The Morgan fingerprint density at radius 1 is 1.35 bits per heavy atom. The molecule has 0 atom stereocenters. The minimum absolute atomic E-state index is 0.159. The van der Waals surface area contributed by atoms with Gasteiger partial charge in [0.2, 0.25) is 0 Å². The number of imidazole rings is 1. The van der Waals surface area contributed by atoms with Crippen molar-refractivity contribution in [2.45, 2.75) is 31.2 Å². The Labute approximate surface area is 120 Å². The van der Waals surface area contributed by atoms with Crippen LogP contribution in [0.3, 0.4) is 0 Å². The summed E-state index contributed by atoms with van der Waals surface area (Å²) in [6.45, 7) is 3.29. The summed E-state index contributed by atoms with van der Waals surface area (Å²) in [6.07, 6.45) is 1.53. The Morgan fingerprint density at radius 2 is 2.05 bits per heavy atom. The third-order valence-corrected chi connectivity index (χ3v) is 4.22. The first kappa shape index (κ1) is 13.8. The smallest absolute Gasteiger partial charge is 0.153 e. The van der Waals surface area contributed by atoms with Crippen LogP contribution in [0.5, 0.6) is 0 Å². The van der Waals surface area contributed by atoms with E-state index in [-0.39, 0.29) is 16.9 Å². The van der Waals surface area contributed by atoms with E-state index in [1.54, 1.807) is 0 Å². The van der Waals surface area contributed by atoms with Crippen LogP contribution in [0, 0.1) is 11.6 Å². The molecule has 1 saturated heterocycles. The third-order valence-electron chi connectivity index (χ3n) is 3.98. The molecule has 0 radical (unpaired) electrons. The molecule has 0 unspecified atom stereocenters. The lowest BCUT2D eigenvalue weighted by molar-refractivity contribution is 0.0302. The van der Waals surface area contributed by atoms with E-state index in [0.29, 0.717) is 24.6 Å². The number of hydrogen-bond acceptors (Lipinski definition) is 2. The number of nitrogens with zero attached hydrogens (tertiary/aromatic N) is 2. The van der Waals surface area contributed by atoms with Gasteiger partial charge in [0.05, 0.1) is 11.4 Å². The first-order chi connectivity index (χ1) is 9.55. The highest BCUT2D eigenvalue weighted by Gasteiger charge is 2.33. The number of halogens is 3. The number of benzene rings is 1. The molecule has 0 spiro atoms. The fraction of sp³-hybridized carbons (Fsp3) is 0.500. The van der Waals surface area contributed by atoms with E-state index < -0.39 is 11.6 Å². The summed E-state index contributed by atoms with van der Waals surface area (Å²) < 4.78 is 34.7. The van der Waals surface area contributed by atoms with Crippen molar-refractivity contribution >= 4 is 22.6 Å². The maximum absolute atomic E-state index is 13.9. The summed E-state index contributed by atoms with van der Waals surface area (Å²) in [4.78, 5) is 4.24. The highest BCUT2D eigenvalue weighted by molar-refractivity contribution is 6.16. The molecule has 0 bridgehead atoms. The van der Waals surface area contributed by atoms with Crippen molar-refractivity contribution in [1.82, 2.24) is 9.55 Å². The predicted octanol–water partition coefficient (Wildman–Crippen LogP) is 3.58. The van der Waals surface area contributed by atoms with Crippen molar-refractivity contribution in [2.24, 2.45) is 0 Å². The summed E-state index contributed by atoms with van der Waals surface area (Å²) in [5.74, 6) is -0.532. The van der Waals surface area contributed by atoms with Gasteiger partial charge in [0.15, 0.2) is 5.82 Å². The summed E-state index contributed by atoms with van der Waals surface area (Å²) >= 11 is 5.95. The fourth-order valence-electron chi connectivity index (χ4n) is 2.88. The zero-order chi connectivity index (χ0) is 14.3. The van der Waals surface area contributed by atoms with Crippen LogP contribution in [0.4, 0.5) is 8.78 Å². The third kappa shape index (κ3) is 2.09. The van der Waals surface area contributed by atoms with Crippen LogP contribution in [0.2, 0.25) is 0 Å². The van der Waals surface area contributed by atoms with Crippen LogP contribution >= 0.6 is 11.6 Å². The SMILES string of the molecule is CC1(n2c(CCl)nc3c(F)cc(F)cc32)CCOCC1. The molecule has 1 aliphatic rings. The largest absolute Gasteiger partial charge is 0.381 e. The molecule has 0 aliphatic carbocycles. The summed E-state index contributed by atoms with van der Waals surface area (Å²) in [6, 6.07) is 2.17. The molecule has 0 saturated carbocycles. The second kappa shape index (κ2) is 4.97. The first-order valence-electron chi connectivity index (χ1n) is 6.56. The van der Waals surface area contributed by atoms with Gasteiger partial charge in [0.1, 0.15) is 17.2 Å².